The first-order valence-corrected chi connectivity index (χ1v) is 10.4. The SMILES string of the molecule is O=C(CCC(=O)OCC(=O)c1ccc(Oc2ccc([N+](=O)[O-])cc2)cc1)NCc1ccccc1. The number of carbonyl (C=O) groups is 3. The Kier molecular flexibility index (Phi) is 8.45. The molecule has 0 spiro atoms. The molecule has 0 aromatic heterocycles. The smallest absolute Gasteiger partial charge is 0.306 e. The average Bonchev–Trinajstić information content (AvgIpc) is 2.86. The largest absolute Gasteiger partial charge is 0.457 e. The summed E-state index contributed by atoms with van der Waals surface area (Å²) >= 11 is 0. The van der Waals surface area contributed by atoms with Crippen molar-refractivity contribution in [3.05, 3.63) is 100 Å². The van der Waals surface area contributed by atoms with Crippen LogP contribution in [0.5, 0.6) is 11.5 Å². The molecule has 0 radical (unpaired) electrons. The van der Waals surface area contributed by atoms with Gasteiger partial charge in [0.1, 0.15) is 11.5 Å². The van der Waals surface area contributed by atoms with Gasteiger partial charge in [0.05, 0.1) is 11.3 Å². The van der Waals surface area contributed by atoms with Crippen LogP contribution in [0.4, 0.5) is 5.69 Å². The van der Waals surface area contributed by atoms with E-state index in [4.69, 9.17) is 9.47 Å². The molecular weight excluding hydrogens is 440 g/mol. The van der Waals surface area contributed by atoms with Gasteiger partial charge in [0.25, 0.3) is 5.69 Å². The van der Waals surface area contributed by atoms with Crippen molar-refractivity contribution in [3.63, 3.8) is 0 Å². The molecule has 0 atom stereocenters. The van der Waals surface area contributed by atoms with E-state index in [1.165, 1.54) is 36.4 Å². The monoisotopic (exact) mass is 462 g/mol. The summed E-state index contributed by atoms with van der Waals surface area (Å²) in [4.78, 5) is 46.2. The van der Waals surface area contributed by atoms with E-state index in [9.17, 15) is 24.5 Å². The summed E-state index contributed by atoms with van der Waals surface area (Å²) in [5, 5.41) is 13.4. The highest BCUT2D eigenvalue weighted by molar-refractivity contribution is 5.98. The van der Waals surface area contributed by atoms with E-state index in [1.54, 1.807) is 12.1 Å². The summed E-state index contributed by atoms with van der Waals surface area (Å²) in [6.07, 6.45) is -0.162. The van der Waals surface area contributed by atoms with Crippen LogP contribution in [0.2, 0.25) is 0 Å². The van der Waals surface area contributed by atoms with Crippen molar-refractivity contribution in [1.82, 2.24) is 5.32 Å². The number of Topliss-reactive ketones (excluding diaryl/α,β-unsaturated/α-hetero) is 1. The number of rotatable bonds is 11. The van der Waals surface area contributed by atoms with Gasteiger partial charge < -0.3 is 14.8 Å². The fourth-order valence-electron chi connectivity index (χ4n) is 2.88. The van der Waals surface area contributed by atoms with Gasteiger partial charge in [-0.1, -0.05) is 30.3 Å². The molecule has 3 rings (SSSR count). The van der Waals surface area contributed by atoms with E-state index in [2.05, 4.69) is 5.32 Å². The number of nitrogens with one attached hydrogen (secondary N) is 1. The number of nitro groups is 1. The molecule has 1 amide bonds. The van der Waals surface area contributed by atoms with Gasteiger partial charge in [0, 0.05) is 30.7 Å². The van der Waals surface area contributed by atoms with Gasteiger partial charge >= 0.3 is 5.97 Å². The third-order valence-electron chi connectivity index (χ3n) is 4.71. The molecule has 0 aliphatic heterocycles. The maximum Gasteiger partial charge on any atom is 0.306 e. The Morgan fingerprint density at radius 3 is 2.06 bits per heavy atom. The lowest BCUT2D eigenvalue weighted by molar-refractivity contribution is -0.384. The van der Waals surface area contributed by atoms with Gasteiger partial charge in [0.15, 0.2) is 12.4 Å². The molecule has 0 fully saturated rings. The van der Waals surface area contributed by atoms with E-state index in [1.807, 2.05) is 30.3 Å². The van der Waals surface area contributed by atoms with Crippen LogP contribution in [0, 0.1) is 10.1 Å². The van der Waals surface area contributed by atoms with Crippen molar-refractivity contribution in [2.24, 2.45) is 0 Å². The predicted octanol–water partition coefficient (Wildman–Crippen LogP) is 4.21. The summed E-state index contributed by atoms with van der Waals surface area (Å²) in [6.45, 7) is -0.0653. The maximum absolute atomic E-state index is 12.3. The first-order chi connectivity index (χ1) is 16.4. The predicted molar refractivity (Wildman–Crippen MR) is 122 cm³/mol. The second-order valence-corrected chi connectivity index (χ2v) is 7.22. The molecule has 0 aliphatic rings. The van der Waals surface area contributed by atoms with Crippen molar-refractivity contribution in [2.45, 2.75) is 19.4 Å². The minimum absolute atomic E-state index is 0.0332. The van der Waals surface area contributed by atoms with Gasteiger partial charge in [-0.05, 0) is 42.0 Å². The highest BCUT2D eigenvalue weighted by Crippen LogP contribution is 2.24. The molecule has 0 heterocycles. The molecule has 34 heavy (non-hydrogen) atoms. The van der Waals surface area contributed by atoms with E-state index >= 15 is 0 Å². The maximum atomic E-state index is 12.3. The first-order valence-electron chi connectivity index (χ1n) is 10.4. The van der Waals surface area contributed by atoms with Crippen LogP contribution in [0.1, 0.15) is 28.8 Å². The Balaban J connectivity index is 1.38. The molecule has 9 heteroatoms. The average molecular weight is 462 g/mol. The number of hydrogen-bond donors (Lipinski definition) is 1. The van der Waals surface area contributed by atoms with Crippen LogP contribution in [-0.2, 0) is 20.9 Å². The fourth-order valence-corrected chi connectivity index (χ4v) is 2.88. The quantitative estimate of drug-likeness (QED) is 0.196. The summed E-state index contributed by atoms with van der Waals surface area (Å²) < 4.78 is 10.6. The molecule has 0 saturated carbocycles. The molecule has 0 aliphatic carbocycles. The number of carbonyl (C=O) groups excluding carboxylic acids is 3. The summed E-state index contributed by atoms with van der Waals surface area (Å²) in [7, 11) is 0. The summed E-state index contributed by atoms with van der Waals surface area (Å²) in [6, 6.07) is 21.2. The van der Waals surface area contributed by atoms with E-state index in [-0.39, 0.29) is 24.4 Å². The van der Waals surface area contributed by atoms with Crippen LogP contribution < -0.4 is 10.1 Å². The summed E-state index contributed by atoms with van der Waals surface area (Å²) in [5.74, 6) is -0.476. The topological polar surface area (TPSA) is 125 Å². The zero-order valence-corrected chi connectivity index (χ0v) is 18.1. The van der Waals surface area contributed by atoms with Crippen LogP contribution >= 0.6 is 0 Å². The minimum Gasteiger partial charge on any atom is -0.457 e. The van der Waals surface area contributed by atoms with Gasteiger partial charge in [-0.25, -0.2) is 0 Å². The number of ether oxygens (including phenoxy) is 2. The molecule has 1 N–H and O–H groups in total. The number of hydrogen-bond acceptors (Lipinski definition) is 7. The van der Waals surface area contributed by atoms with Gasteiger partial charge in [0.2, 0.25) is 5.91 Å². The number of nitro benzene ring substituents is 1. The van der Waals surface area contributed by atoms with Crippen LogP contribution in [0.3, 0.4) is 0 Å². The Labute approximate surface area is 195 Å². The molecule has 174 valence electrons. The van der Waals surface area contributed by atoms with Gasteiger partial charge in [-0.2, -0.15) is 0 Å². The lowest BCUT2D eigenvalue weighted by Crippen LogP contribution is -2.24. The van der Waals surface area contributed by atoms with E-state index < -0.39 is 23.3 Å². The standard InChI is InChI=1S/C25H22N2O7/c28-23(17-33-25(30)15-14-24(29)26-16-18-4-2-1-3-5-18)19-6-10-21(11-7-19)34-22-12-8-20(9-13-22)27(31)32/h1-13H,14-17H2,(H,26,29). The Hall–Kier alpha value is -4.53. The lowest BCUT2D eigenvalue weighted by Gasteiger charge is -2.08. The highest BCUT2D eigenvalue weighted by Gasteiger charge is 2.12. The second-order valence-electron chi connectivity index (χ2n) is 7.22. The zero-order valence-electron chi connectivity index (χ0n) is 18.1. The van der Waals surface area contributed by atoms with Crippen molar-refractivity contribution < 1.29 is 28.8 Å². The van der Waals surface area contributed by atoms with Crippen LogP contribution in [0.25, 0.3) is 0 Å². The molecule has 0 unspecified atom stereocenters. The van der Waals surface area contributed by atoms with Gasteiger partial charge in [-0.15, -0.1) is 0 Å². The number of ketones is 1. The molecular formula is C25H22N2O7. The van der Waals surface area contributed by atoms with Crippen molar-refractivity contribution >= 4 is 23.3 Å². The third kappa shape index (κ3) is 7.56. The van der Waals surface area contributed by atoms with Crippen molar-refractivity contribution in [1.29, 1.82) is 0 Å². The Morgan fingerprint density at radius 1 is 0.824 bits per heavy atom. The number of amides is 1. The van der Waals surface area contributed by atoms with Crippen molar-refractivity contribution in [3.8, 4) is 11.5 Å². The Bertz CT molecular complexity index is 1140. The van der Waals surface area contributed by atoms with E-state index in [0.29, 0.717) is 23.6 Å². The molecule has 3 aromatic carbocycles. The van der Waals surface area contributed by atoms with Crippen molar-refractivity contribution in [2.75, 3.05) is 6.61 Å². The summed E-state index contributed by atoms with van der Waals surface area (Å²) in [5.41, 5.74) is 1.23. The second kappa shape index (κ2) is 11.9. The number of esters is 1. The molecule has 0 saturated heterocycles. The number of benzene rings is 3. The van der Waals surface area contributed by atoms with E-state index in [0.717, 1.165) is 5.56 Å². The fraction of sp³-hybridized carbons (Fsp3) is 0.160. The van der Waals surface area contributed by atoms with Crippen LogP contribution in [-0.4, -0.2) is 29.2 Å². The number of non-ortho nitro benzene ring substituents is 1. The Morgan fingerprint density at radius 2 is 1.44 bits per heavy atom. The minimum atomic E-state index is -0.638. The van der Waals surface area contributed by atoms with Crippen LogP contribution in [0.15, 0.2) is 78.9 Å². The van der Waals surface area contributed by atoms with Gasteiger partial charge in [-0.3, -0.25) is 24.5 Å². The zero-order chi connectivity index (χ0) is 24.3. The number of nitrogens with zero attached hydrogens (tertiary/aromatic N) is 1. The first kappa shape index (κ1) is 24.1. The highest BCUT2D eigenvalue weighted by atomic mass is 16.6. The third-order valence-corrected chi connectivity index (χ3v) is 4.71. The molecule has 3 aromatic rings. The normalized spacial score (nSPS) is 10.2. The lowest BCUT2D eigenvalue weighted by atomic mass is 10.1. The molecule has 9 nitrogen and oxygen atoms in total. The molecule has 0 bridgehead atoms.